The van der Waals surface area contributed by atoms with Gasteiger partial charge in [0.25, 0.3) is 0 Å². The topological polar surface area (TPSA) is 172 Å². The molecule has 4 amide bonds. The molecule has 4 aliphatic carbocycles. The van der Waals surface area contributed by atoms with E-state index in [9.17, 15) is 19.2 Å². The van der Waals surface area contributed by atoms with Gasteiger partial charge in [0.2, 0.25) is 17.7 Å². The van der Waals surface area contributed by atoms with Crippen LogP contribution >= 0.6 is 0 Å². The Hall–Kier alpha value is -2.70. The minimum Gasteiger partial charge on any atom is -0.446 e. The first-order chi connectivity index (χ1) is 28.1. The minimum atomic E-state index is -0.726. The molecule has 0 radical (unpaired) electrons. The minimum absolute atomic E-state index is 0.125. The molecule has 59 heavy (non-hydrogen) atoms. The molecule has 3 saturated carbocycles. The second-order valence-corrected chi connectivity index (χ2v) is 20.6. The van der Waals surface area contributed by atoms with Crippen molar-refractivity contribution in [2.24, 2.45) is 57.8 Å². The molecule has 1 aliphatic heterocycles. The van der Waals surface area contributed by atoms with Crippen LogP contribution in [0.25, 0.3) is 0 Å². The second-order valence-electron chi connectivity index (χ2n) is 20.6. The van der Waals surface area contributed by atoms with Gasteiger partial charge in [0, 0.05) is 45.1 Å². The number of likely N-dealkylation sites (tertiary alicyclic amines) is 1. The van der Waals surface area contributed by atoms with E-state index in [1.54, 1.807) is 0 Å². The van der Waals surface area contributed by atoms with Crippen molar-refractivity contribution < 1.29 is 23.9 Å². The van der Waals surface area contributed by atoms with Crippen molar-refractivity contribution in [2.75, 3.05) is 46.8 Å². The zero-order valence-electron chi connectivity index (χ0n) is 38.0. The lowest BCUT2D eigenvalue weighted by Gasteiger charge is -2.58. The van der Waals surface area contributed by atoms with Crippen LogP contribution in [0.15, 0.2) is 11.6 Å². The van der Waals surface area contributed by atoms with Gasteiger partial charge in [0.05, 0.1) is 6.04 Å². The number of carbonyl (C=O) groups excluding carboxylic acids is 4. The molecule has 12 heteroatoms. The largest absolute Gasteiger partial charge is 0.446 e. The molecule has 1 saturated heterocycles. The number of allylic oxidation sites excluding steroid dienone is 1. The van der Waals surface area contributed by atoms with Crippen LogP contribution in [0, 0.1) is 46.3 Å². The van der Waals surface area contributed by atoms with E-state index >= 15 is 0 Å². The summed E-state index contributed by atoms with van der Waals surface area (Å²) in [4.78, 5) is 56.0. The molecule has 1 heterocycles. The second kappa shape index (κ2) is 21.4. The number of rotatable bonds is 20. The van der Waals surface area contributed by atoms with Crippen molar-refractivity contribution in [3.8, 4) is 0 Å². The lowest BCUT2D eigenvalue weighted by molar-refractivity contribution is -0.139. The molecule has 12 nitrogen and oxygen atoms in total. The molecular weight excluding hydrogens is 743 g/mol. The number of unbranched alkanes of at least 4 members (excludes halogenated alkanes) is 1. The van der Waals surface area contributed by atoms with Crippen LogP contribution in [0.2, 0.25) is 0 Å². The molecule has 11 atom stereocenters. The number of ether oxygens (including phenoxy) is 1. The zero-order chi connectivity index (χ0) is 42.9. The van der Waals surface area contributed by atoms with Crippen LogP contribution in [0.5, 0.6) is 0 Å². The predicted octanol–water partition coefficient (Wildman–Crippen LogP) is 6.12. The Balaban J connectivity index is 1.04. The molecule has 5 rings (SSSR count). The summed E-state index contributed by atoms with van der Waals surface area (Å²) in [5, 5.41) is 8.83. The number of likely N-dealkylation sites (N-methyl/N-ethyl adjacent to an activating group) is 1. The Morgan fingerprint density at radius 2 is 1.71 bits per heavy atom. The van der Waals surface area contributed by atoms with Gasteiger partial charge >= 0.3 is 6.09 Å². The maximum atomic E-state index is 13.4. The first-order valence-electron chi connectivity index (χ1n) is 23.7. The molecule has 336 valence electrons. The highest BCUT2D eigenvalue weighted by Gasteiger charge is 2.59. The molecule has 4 fully saturated rings. The average Bonchev–Trinajstić information content (AvgIpc) is 3.77. The zero-order valence-corrected chi connectivity index (χ0v) is 38.0. The Morgan fingerprint density at radius 1 is 0.932 bits per heavy atom. The highest BCUT2D eigenvalue weighted by molar-refractivity contribution is 5.90. The maximum Gasteiger partial charge on any atom is 0.407 e. The monoisotopic (exact) mass is 826 g/mol. The van der Waals surface area contributed by atoms with Crippen LogP contribution in [0.1, 0.15) is 144 Å². The van der Waals surface area contributed by atoms with Crippen LogP contribution in [-0.4, -0.2) is 105 Å². The first-order valence-corrected chi connectivity index (χ1v) is 23.7. The van der Waals surface area contributed by atoms with E-state index in [4.69, 9.17) is 16.2 Å². The van der Waals surface area contributed by atoms with Gasteiger partial charge in [-0.15, -0.1) is 0 Å². The van der Waals surface area contributed by atoms with Gasteiger partial charge in [-0.2, -0.15) is 0 Å². The predicted molar refractivity (Wildman–Crippen MR) is 235 cm³/mol. The van der Waals surface area contributed by atoms with Crippen molar-refractivity contribution in [1.29, 1.82) is 0 Å². The highest BCUT2D eigenvalue weighted by Crippen LogP contribution is 2.67. The van der Waals surface area contributed by atoms with Crippen LogP contribution in [-0.2, 0) is 19.1 Å². The van der Waals surface area contributed by atoms with Crippen LogP contribution < -0.4 is 27.4 Å². The number of alkyl carbamates (subject to hydrolysis) is 1. The van der Waals surface area contributed by atoms with Gasteiger partial charge in [-0.25, -0.2) is 4.79 Å². The van der Waals surface area contributed by atoms with Crippen molar-refractivity contribution in [2.45, 2.75) is 168 Å². The summed E-state index contributed by atoms with van der Waals surface area (Å²) in [7, 11) is 3.86. The number of hydrogen-bond donors (Lipinski definition) is 5. The summed E-state index contributed by atoms with van der Waals surface area (Å²) in [6.45, 7) is 14.6. The number of amides is 4. The molecule has 7 N–H and O–H groups in total. The third-order valence-corrected chi connectivity index (χ3v) is 15.8. The lowest BCUT2D eigenvalue weighted by Crippen LogP contribution is -2.52. The SMILES string of the molecule is CC(C)CCC[C@@H](C)[C@H]1CCC2C3CC=C4CC(OC(=O)NCCCC(=O)N[C@H]5C[C@@H](C(=O)NCCN(C)C)N(C(=O)[C@H](N)CCCCN)C5)CC[C@]4(C)C3CC[C@@]21C. The fraction of sp³-hybridized carbons (Fsp3) is 0.872. The standard InChI is InChI=1S/C47H83N7O5/c1-31(2)12-10-13-32(3)37-18-19-38-36-17-16-33-28-35(20-22-46(33,4)39(36)21-23-47(37,38)5)59-45(58)51-25-11-15-42(55)52-34-29-41(43(56)50-26-27-53(6)7)54(30-34)44(57)40(49)14-8-9-24-48/h16,31-32,34-41H,8-15,17-30,48-49H2,1-7H3,(H,50,56)(H,51,58)(H,52,55)/t32-,34+,35?,36?,37-,38?,39?,40-,41+,46+,47-/m1/s1. The first kappa shape index (κ1) is 47.4. The summed E-state index contributed by atoms with van der Waals surface area (Å²) >= 11 is 0. The van der Waals surface area contributed by atoms with E-state index in [2.05, 4.69) is 56.6 Å². The summed E-state index contributed by atoms with van der Waals surface area (Å²) in [6.07, 6.45) is 18.5. The van der Waals surface area contributed by atoms with Gasteiger partial charge in [-0.05, 0) is 138 Å². The van der Waals surface area contributed by atoms with Crippen molar-refractivity contribution in [3.05, 3.63) is 11.6 Å². The van der Waals surface area contributed by atoms with Gasteiger partial charge < -0.3 is 42.0 Å². The molecular formula is C47H83N7O5. The molecule has 5 aliphatic rings. The third kappa shape index (κ3) is 11.8. The number of fused-ring (bicyclic) bond motifs is 5. The quantitative estimate of drug-likeness (QED) is 0.0722. The molecule has 0 spiro atoms. The van der Waals surface area contributed by atoms with Gasteiger partial charge in [0.15, 0.2) is 0 Å². The van der Waals surface area contributed by atoms with E-state index in [1.165, 1.54) is 61.8 Å². The van der Waals surface area contributed by atoms with E-state index < -0.39 is 18.2 Å². The van der Waals surface area contributed by atoms with Crippen molar-refractivity contribution in [3.63, 3.8) is 0 Å². The number of nitrogens with one attached hydrogen (secondary N) is 3. The van der Waals surface area contributed by atoms with E-state index in [1.807, 2.05) is 19.0 Å². The molecule has 4 unspecified atom stereocenters. The molecule has 0 aromatic heterocycles. The Kier molecular flexibility index (Phi) is 17.2. The summed E-state index contributed by atoms with van der Waals surface area (Å²) in [6, 6.07) is -1.80. The summed E-state index contributed by atoms with van der Waals surface area (Å²) in [5.41, 5.74) is 14.1. The van der Waals surface area contributed by atoms with E-state index in [0.29, 0.717) is 50.9 Å². The van der Waals surface area contributed by atoms with E-state index in [0.717, 1.165) is 67.6 Å². The fourth-order valence-electron chi connectivity index (χ4n) is 12.5. The summed E-state index contributed by atoms with van der Waals surface area (Å²) < 4.78 is 5.98. The normalized spacial score (nSPS) is 32.4. The molecule has 0 bridgehead atoms. The average molecular weight is 826 g/mol. The fourth-order valence-corrected chi connectivity index (χ4v) is 12.5. The Bertz CT molecular complexity index is 1460. The highest BCUT2D eigenvalue weighted by atomic mass is 16.6. The smallest absolute Gasteiger partial charge is 0.407 e. The maximum absolute atomic E-state index is 13.4. The third-order valence-electron chi connectivity index (χ3n) is 15.8. The van der Waals surface area contributed by atoms with Crippen molar-refractivity contribution in [1.82, 2.24) is 25.8 Å². The molecule has 0 aromatic rings. The number of nitrogens with two attached hydrogens (primary N) is 2. The number of hydrogen-bond acceptors (Lipinski definition) is 8. The Morgan fingerprint density at radius 3 is 2.44 bits per heavy atom. The number of nitrogens with zero attached hydrogens (tertiary/aromatic N) is 2. The van der Waals surface area contributed by atoms with Gasteiger partial charge in [-0.3, -0.25) is 14.4 Å². The molecule has 0 aromatic carbocycles. The lowest BCUT2D eigenvalue weighted by atomic mass is 9.47. The van der Waals surface area contributed by atoms with Crippen LogP contribution in [0.3, 0.4) is 0 Å². The number of carbonyl (C=O) groups is 4. The van der Waals surface area contributed by atoms with E-state index in [-0.39, 0.29) is 48.2 Å². The van der Waals surface area contributed by atoms with Crippen LogP contribution in [0.4, 0.5) is 4.79 Å². The van der Waals surface area contributed by atoms with Crippen molar-refractivity contribution >= 4 is 23.8 Å². The van der Waals surface area contributed by atoms with Gasteiger partial charge in [0.1, 0.15) is 12.1 Å². The van der Waals surface area contributed by atoms with Gasteiger partial charge in [-0.1, -0.05) is 72.0 Å². The summed E-state index contributed by atoms with van der Waals surface area (Å²) in [5.74, 6) is 4.10. The Labute approximate surface area is 356 Å².